The van der Waals surface area contributed by atoms with Gasteiger partial charge in [0.1, 0.15) is 11.6 Å². The molecule has 2 fully saturated rings. The van der Waals surface area contributed by atoms with Crippen molar-refractivity contribution >= 4 is 6.03 Å². The SMILES string of the molecule is Cc1nnc2n1CCC1(CC2)CCN(C(=O)NC2CCCCC2)CC1. The number of hydrogen-bond acceptors (Lipinski definition) is 3. The zero-order valence-electron chi connectivity index (χ0n) is 15.5. The molecule has 1 aromatic heterocycles. The van der Waals surface area contributed by atoms with Crippen LogP contribution in [0.1, 0.15) is 69.4 Å². The van der Waals surface area contributed by atoms with Crippen molar-refractivity contribution in [3.63, 3.8) is 0 Å². The third-order valence-corrected chi connectivity index (χ3v) is 6.80. The van der Waals surface area contributed by atoms with Crippen LogP contribution in [0.4, 0.5) is 4.79 Å². The van der Waals surface area contributed by atoms with Gasteiger partial charge in [0, 0.05) is 32.1 Å². The highest BCUT2D eigenvalue weighted by Crippen LogP contribution is 2.41. The number of nitrogens with zero attached hydrogens (tertiary/aromatic N) is 4. The smallest absolute Gasteiger partial charge is 0.317 e. The van der Waals surface area contributed by atoms with E-state index in [0.717, 1.165) is 63.4 Å². The Bertz CT molecular complexity index is 611. The molecule has 25 heavy (non-hydrogen) atoms. The molecule has 1 spiro atoms. The molecule has 6 heteroatoms. The maximum Gasteiger partial charge on any atom is 0.317 e. The van der Waals surface area contributed by atoms with Gasteiger partial charge in [-0.15, -0.1) is 10.2 Å². The average molecular weight is 345 g/mol. The molecule has 1 N–H and O–H groups in total. The minimum atomic E-state index is 0.170. The largest absolute Gasteiger partial charge is 0.335 e. The van der Waals surface area contributed by atoms with E-state index >= 15 is 0 Å². The zero-order chi connectivity index (χ0) is 17.3. The lowest BCUT2D eigenvalue weighted by atomic mass is 9.73. The number of rotatable bonds is 1. The minimum Gasteiger partial charge on any atom is -0.335 e. The molecule has 1 aromatic rings. The van der Waals surface area contributed by atoms with Gasteiger partial charge < -0.3 is 14.8 Å². The van der Waals surface area contributed by atoms with E-state index in [9.17, 15) is 4.79 Å². The third-order valence-electron chi connectivity index (χ3n) is 6.80. The third kappa shape index (κ3) is 3.53. The summed E-state index contributed by atoms with van der Waals surface area (Å²) in [6, 6.07) is 0.575. The average Bonchev–Trinajstić information content (AvgIpc) is 2.89. The van der Waals surface area contributed by atoms with E-state index in [1.54, 1.807) is 0 Å². The van der Waals surface area contributed by atoms with Crippen molar-refractivity contribution in [3.8, 4) is 0 Å². The molecule has 1 saturated carbocycles. The second kappa shape index (κ2) is 6.96. The van der Waals surface area contributed by atoms with E-state index in [-0.39, 0.29) is 6.03 Å². The molecule has 0 radical (unpaired) electrons. The summed E-state index contributed by atoms with van der Waals surface area (Å²) < 4.78 is 2.29. The van der Waals surface area contributed by atoms with Crippen molar-refractivity contribution in [1.82, 2.24) is 25.0 Å². The Morgan fingerprint density at radius 3 is 2.52 bits per heavy atom. The van der Waals surface area contributed by atoms with E-state index < -0.39 is 0 Å². The summed E-state index contributed by atoms with van der Waals surface area (Å²) in [6.07, 6.45) is 11.8. The molecule has 0 aromatic carbocycles. The summed E-state index contributed by atoms with van der Waals surface area (Å²) >= 11 is 0. The lowest BCUT2D eigenvalue weighted by molar-refractivity contribution is 0.0985. The normalized spacial score (nSPS) is 24.0. The number of carbonyl (C=O) groups is 1. The molecule has 0 bridgehead atoms. The van der Waals surface area contributed by atoms with E-state index in [1.807, 2.05) is 6.92 Å². The van der Waals surface area contributed by atoms with Gasteiger partial charge >= 0.3 is 6.03 Å². The van der Waals surface area contributed by atoms with Crippen LogP contribution in [-0.2, 0) is 13.0 Å². The highest BCUT2D eigenvalue weighted by atomic mass is 16.2. The van der Waals surface area contributed by atoms with Gasteiger partial charge in [-0.2, -0.15) is 0 Å². The molecular formula is C19H31N5O. The molecule has 2 amide bonds. The van der Waals surface area contributed by atoms with Gasteiger partial charge in [-0.25, -0.2) is 4.79 Å². The van der Waals surface area contributed by atoms with Gasteiger partial charge in [0.2, 0.25) is 0 Å². The van der Waals surface area contributed by atoms with Gasteiger partial charge in [-0.1, -0.05) is 19.3 Å². The predicted octanol–water partition coefficient (Wildman–Crippen LogP) is 3.05. The number of carbonyl (C=O) groups excluding carboxylic acids is 1. The van der Waals surface area contributed by atoms with Crippen molar-refractivity contribution in [3.05, 3.63) is 11.6 Å². The molecule has 138 valence electrons. The molecule has 1 saturated heterocycles. The van der Waals surface area contributed by atoms with Crippen LogP contribution in [0.5, 0.6) is 0 Å². The monoisotopic (exact) mass is 345 g/mol. The highest BCUT2D eigenvalue weighted by Gasteiger charge is 2.37. The lowest BCUT2D eigenvalue weighted by Gasteiger charge is -2.42. The Kier molecular flexibility index (Phi) is 4.69. The second-order valence-corrected chi connectivity index (χ2v) is 8.34. The van der Waals surface area contributed by atoms with Crippen LogP contribution in [0.25, 0.3) is 0 Å². The van der Waals surface area contributed by atoms with Gasteiger partial charge in [0.05, 0.1) is 0 Å². The van der Waals surface area contributed by atoms with E-state index in [2.05, 4.69) is 25.0 Å². The number of aryl methyl sites for hydroxylation is 2. The number of urea groups is 1. The van der Waals surface area contributed by atoms with Crippen LogP contribution < -0.4 is 5.32 Å². The van der Waals surface area contributed by atoms with Gasteiger partial charge in [0.25, 0.3) is 0 Å². The van der Waals surface area contributed by atoms with Crippen LogP contribution in [0.2, 0.25) is 0 Å². The summed E-state index contributed by atoms with van der Waals surface area (Å²) in [6.45, 7) is 4.88. The molecule has 2 aliphatic heterocycles. The maximum atomic E-state index is 12.6. The number of nitrogens with one attached hydrogen (secondary N) is 1. The molecule has 3 aliphatic rings. The Morgan fingerprint density at radius 2 is 1.76 bits per heavy atom. The molecule has 1 aliphatic carbocycles. The van der Waals surface area contributed by atoms with Gasteiger partial charge in [0.15, 0.2) is 0 Å². The number of likely N-dealkylation sites (tertiary alicyclic amines) is 1. The van der Waals surface area contributed by atoms with Crippen LogP contribution in [0, 0.1) is 12.3 Å². The van der Waals surface area contributed by atoms with Crippen LogP contribution >= 0.6 is 0 Å². The van der Waals surface area contributed by atoms with Gasteiger partial charge in [-0.3, -0.25) is 0 Å². The summed E-state index contributed by atoms with van der Waals surface area (Å²) in [4.78, 5) is 14.6. The first-order chi connectivity index (χ1) is 12.2. The van der Waals surface area contributed by atoms with E-state index in [4.69, 9.17) is 0 Å². The summed E-state index contributed by atoms with van der Waals surface area (Å²) in [5, 5.41) is 11.8. The van der Waals surface area contributed by atoms with Crippen molar-refractivity contribution in [1.29, 1.82) is 0 Å². The first kappa shape index (κ1) is 16.9. The Balaban J connectivity index is 1.31. The zero-order valence-corrected chi connectivity index (χ0v) is 15.5. The molecule has 4 rings (SSSR count). The number of fused-ring (bicyclic) bond motifs is 1. The van der Waals surface area contributed by atoms with Crippen molar-refractivity contribution in [2.45, 2.75) is 83.7 Å². The van der Waals surface area contributed by atoms with E-state index in [0.29, 0.717) is 11.5 Å². The minimum absolute atomic E-state index is 0.170. The molecule has 0 atom stereocenters. The standard InChI is InChI=1S/C19H31N5O/c1-15-21-22-17-7-8-19(11-14-24(15)17)9-12-23(13-10-19)18(25)20-16-5-3-2-4-6-16/h16H,2-14H2,1H3,(H,20,25). The molecular weight excluding hydrogens is 314 g/mol. The fourth-order valence-electron chi connectivity index (χ4n) is 4.95. The van der Waals surface area contributed by atoms with Crippen LogP contribution in [-0.4, -0.2) is 44.8 Å². The Hall–Kier alpha value is -1.59. The van der Waals surface area contributed by atoms with Crippen molar-refractivity contribution < 1.29 is 4.79 Å². The fraction of sp³-hybridized carbons (Fsp3) is 0.842. The summed E-state index contributed by atoms with van der Waals surface area (Å²) in [7, 11) is 0. The maximum absolute atomic E-state index is 12.6. The van der Waals surface area contributed by atoms with Crippen LogP contribution in [0.3, 0.4) is 0 Å². The Morgan fingerprint density at radius 1 is 1.04 bits per heavy atom. The second-order valence-electron chi connectivity index (χ2n) is 8.34. The number of aromatic nitrogens is 3. The molecule has 0 unspecified atom stereocenters. The fourth-order valence-corrected chi connectivity index (χ4v) is 4.95. The number of hydrogen-bond donors (Lipinski definition) is 1. The summed E-state index contributed by atoms with van der Waals surface area (Å²) in [5.74, 6) is 2.18. The Labute approximate surface area is 150 Å². The predicted molar refractivity (Wildman–Crippen MR) is 96.3 cm³/mol. The van der Waals surface area contributed by atoms with Gasteiger partial charge in [-0.05, 0) is 50.9 Å². The molecule has 6 nitrogen and oxygen atoms in total. The van der Waals surface area contributed by atoms with E-state index in [1.165, 1.54) is 32.1 Å². The molecule has 3 heterocycles. The number of piperidine rings is 1. The summed E-state index contributed by atoms with van der Waals surface area (Å²) in [5.41, 5.74) is 0.384. The van der Waals surface area contributed by atoms with Crippen LogP contribution in [0.15, 0.2) is 0 Å². The van der Waals surface area contributed by atoms with Crippen molar-refractivity contribution in [2.75, 3.05) is 13.1 Å². The first-order valence-electron chi connectivity index (χ1n) is 10.1. The quantitative estimate of drug-likeness (QED) is 0.851. The topological polar surface area (TPSA) is 63.1 Å². The lowest BCUT2D eigenvalue weighted by Crippen LogP contribution is -2.50. The number of amides is 2. The first-order valence-corrected chi connectivity index (χ1v) is 10.1. The van der Waals surface area contributed by atoms with Crippen molar-refractivity contribution in [2.24, 2.45) is 5.41 Å². The highest BCUT2D eigenvalue weighted by molar-refractivity contribution is 5.74.